The fourth-order valence-corrected chi connectivity index (χ4v) is 2.50. The van der Waals surface area contributed by atoms with Gasteiger partial charge in [0.2, 0.25) is 5.13 Å². The third-order valence-corrected chi connectivity index (χ3v) is 3.60. The molecule has 0 saturated heterocycles. The van der Waals surface area contributed by atoms with Crippen molar-refractivity contribution in [2.75, 3.05) is 12.4 Å². The molecule has 1 N–H and O–H groups in total. The monoisotopic (exact) mass is 343 g/mol. The Morgan fingerprint density at radius 2 is 1.83 bits per heavy atom. The zero-order chi connectivity index (χ0) is 16.9. The van der Waals surface area contributed by atoms with Gasteiger partial charge in [0.05, 0.1) is 25.6 Å². The van der Waals surface area contributed by atoms with Crippen molar-refractivity contribution in [1.29, 1.82) is 0 Å². The van der Waals surface area contributed by atoms with Crippen LogP contribution in [0.5, 0.6) is 11.5 Å². The predicted molar refractivity (Wildman–Crippen MR) is 93.0 cm³/mol. The number of hydrogen-bond acceptors (Lipinski definition) is 8. The SMILES string of the molecule is COc1ccc(-c2nsc(Nc3ccc(OC(C)C)cn3)n2)nc1. The summed E-state index contributed by atoms with van der Waals surface area (Å²) >= 11 is 1.25. The van der Waals surface area contributed by atoms with Crippen LogP contribution in [0, 0.1) is 0 Å². The molecule has 3 aromatic rings. The van der Waals surface area contributed by atoms with Gasteiger partial charge in [-0.25, -0.2) is 9.97 Å². The van der Waals surface area contributed by atoms with Gasteiger partial charge >= 0.3 is 0 Å². The quantitative estimate of drug-likeness (QED) is 0.733. The largest absolute Gasteiger partial charge is 0.495 e. The Balaban J connectivity index is 1.69. The average Bonchev–Trinajstić information content (AvgIpc) is 3.05. The maximum atomic E-state index is 5.57. The van der Waals surface area contributed by atoms with E-state index < -0.39 is 0 Å². The Bertz CT molecular complexity index is 787. The molecule has 0 aliphatic rings. The Kier molecular flexibility index (Phi) is 4.85. The van der Waals surface area contributed by atoms with Crippen molar-refractivity contribution in [3.05, 3.63) is 36.7 Å². The lowest BCUT2D eigenvalue weighted by Gasteiger charge is -2.09. The molecule has 0 fully saturated rings. The maximum Gasteiger partial charge on any atom is 0.208 e. The highest BCUT2D eigenvalue weighted by molar-refractivity contribution is 7.09. The number of anilines is 2. The third-order valence-electron chi connectivity index (χ3n) is 2.97. The van der Waals surface area contributed by atoms with Crippen LogP contribution in [0.2, 0.25) is 0 Å². The standard InChI is InChI=1S/C16H17N5O2S/c1-10(2)23-12-5-7-14(18-9-12)19-16-20-15(21-24-16)13-6-4-11(22-3)8-17-13/h4-10H,1-3H3,(H,18,19,20,21). The second kappa shape index (κ2) is 7.22. The summed E-state index contributed by atoms with van der Waals surface area (Å²) in [6.07, 6.45) is 3.43. The van der Waals surface area contributed by atoms with Gasteiger partial charge in [0.1, 0.15) is 23.0 Å². The summed E-state index contributed by atoms with van der Waals surface area (Å²) in [5, 5.41) is 3.77. The number of hydrogen-bond donors (Lipinski definition) is 1. The summed E-state index contributed by atoms with van der Waals surface area (Å²) in [5.74, 6) is 2.66. The lowest BCUT2D eigenvalue weighted by Crippen LogP contribution is -2.05. The first kappa shape index (κ1) is 16.1. The van der Waals surface area contributed by atoms with Gasteiger partial charge in [-0.2, -0.15) is 9.36 Å². The minimum atomic E-state index is 0.119. The van der Waals surface area contributed by atoms with Gasteiger partial charge in [0, 0.05) is 11.5 Å². The van der Waals surface area contributed by atoms with Crippen molar-refractivity contribution in [3.8, 4) is 23.0 Å². The van der Waals surface area contributed by atoms with Gasteiger partial charge in [0.25, 0.3) is 0 Å². The lowest BCUT2D eigenvalue weighted by atomic mass is 10.3. The van der Waals surface area contributed by atoms with Crippen molar-refractivity contribution in [2.45, 2.75) is 20.0 Å². The van der Waals surface area contributed by atoms with E-state index in [2.05, 4.69) is 24.6 Å². The van der Waals surface area contributed by atoms with Crippen LogP contribution in [0.4, 0.5) is 10.9 Å². The van der Waals surface area contributed by atoms with Crippen LogP contribution in [0.1, 0.15) is 13.8 Å². The summed E-state index contributed by atoms with van der Waals surface area (Å²) in [5.41, 5.74) is 0.689. The van der Waals surface area contributed by atoms with E-state index in [0.29, 0.717) is 28.2 Å². The Morgan fingerprint density at radius 3 is 2.46 bits per heavy atom. The number of rotatable bonds is 6. The molecule has 124 valence electrons. The summed E-state index contributed by atoms with van der Waals surface area (Å²) in [4.78, 5) is 13.0. The molecule has 8 heteroatoms. The molecule has 0 spiro atoms. The minimum absolute atomic E-state index is 0.119. The number of nitrogens with zero attached hydrogens (tertiary/aromatic N) is 4. The third kappa shape index (κ3) is 3.96. The Morgan fingerprint density at radius 1 is 1.04 bits per heavy atom. The van der Waals surface area contributed by atoms with Crippen LogP contribution in [0.15, 0.2) is 36.7 Å². The van der Waals surface area contributed by atoms with E-state index in [9.17, 15) is 0 Å². The number of methoxy groups -OCH3 is 1. The molecule has 0 saturated carbocycles. The second-order valence-electron chi connectivity index (χ2n) is 5.18. The first-order valence-corrected chi connectivity index (χ1v) is 8.15. The van der Waals surface area contributed by atoms with E-state index >= 15 is 0 Å². The van der Waals surface area contributed by atoms with Crippen LogP contribution in [-0.4, -0.2) is 32.5 Å². The van der Waals surface area contributed by atoms with Gasteiger partial charge in [-0.15, -0.1) is 0 Å². The summed E-state index contributed by atoms with van der Waals surface area (Å²) in [7, 11) is 1.60. The van der Waals surface area contributed by atoms with E-state index in [1.165, 1.54) is 11.5 Å². The lowest BCUT2D eigenvalue weighted by molar-refractivity contribution is 0.241. The van der Waals surface area contributed by atoms with Gasteiger partial charge in [-0.3, -0.25) is 0 Å². The molecule has 0 unspecified atom stereocenters. The van der Waals surface area contributed by atoms with Crippen molar-refractivity contribution in [3.63, 3.8) is 0 Å². The molecule has 0 aliphatic carbocycles. The highest BCUT2D eigenvalue weighted by Crippen LogP contribution is 2.23. The van der Waals surface area contributed by atoms with Crippen LogP contribution in [0.25, 0.3) is 11.5 Å². The zero-order valence-electron chi connectivity index (χ0n) is 13.6. The Labute approximate surface area is 143 Å². The first-order chi connectivity index (χ1) is 11.6. The average molecular weight is 343 g/mol. The van der Waals surface area contributed by atoms with E-state index in [1.54, 1.807) is 19.5 Å². The van der Waals surface area contributed by atoms with Crippen LogP contribution in [-0.2, 0) is 0 Å². The highest BCUT2D eigenvalue weighted by atomic mass is 32.1. The zero-order valence-corrected chi connectivity index (χ0v) is 14.4. The van der Waals surface area contributed by atoms with Crippen LogP contribution < -0.4 is 14.8 Å². The number of nitrogens with one attached hydrogen (secondary N) is 1. The summed E-state index contributed by atoms with van der Waals surface area (Å²) < 4.78 is 15.0. The summed E-state index contributed by atoms with van der Waals surface area (Å²) in [6.45, 7) is 3.95. The summed E-state index contributed by atoms with van der Waals surface area (Å²) in [6, 6.07) is 7.35. The maximum absolute atomic E-state index is 5.57. The van der Waals surface area contributed by atoms with Crippen molar-refractivity contribution in [1.82, 2.24) is 19.3 Å². The molecule has 3 rings (SSSR count). The molecular weight excluding hydrogens is 326 g/mol. The number of ether oxygens (including phenoxy) is 2. The van der Waals surface area contributed by atoms with E-state index in [4.69, 9.17) is 9.47 Å². The number of aromatic nitrogens is 4. The topological polar surface area (TPSA) is 82.0 Å². The van der Waals surface area contributed by atoms with Gasteiger partial charge in [-0.05, 0) is 38.1 Å². The molecule has 3 heterocycles. The number of pyridine rings is 2. The molecule has 3 aromatic heterocycles. The van der Waals surface area contributed by atoms with Crippen molar-refractivity contribution < 1.29 is 9.47 Å². The normalized spacial score (nSPS) is 10.7. The molecule has 0 aliphatic heterocycles. The molecule has 0 radical (unpaired) electrons. The van der Waals surface area contributed by atoms with Crippen molar-refractivity contribution >= 4 is 22.5 Å². The van der Waals surface area contributed by atoms with Crippen LogP contribution >= 0.6 is 11.5 Å². The predicted octanol–water partition coefficient (Wildman–Crippen LogP) is 3.53. The minimum Gasteiger partial charge on any atom is -0.495 e. The van der Waals surface area contributed by atoms with Gasteiger partial charge < -0.3 is 14.8 Å². The fraction of sp³-hybridized carbons (Fsp3) is 0.250. The van der Waals surface area contributed by atoms with Crippen LogP contribution in [0.3, 0.4) is 0 Å². The first-order valence-electron chi connectivity index (χ1n) is 7.38. The highest BCUT2D eigenvalue weighted by Gasteiger charge is 2.09. The Hall–Kier alpha value is -2.74. The molecule has 24 heavy (non-hydrogen) atoms. The second-order valence-corrected chi connectivity index (χ2v) is 5.93. The van der Waals surface area contributed by atoms with Crippen molar-refractivity contribution in [2.24, 2.45) is 0 Å². The smallest absolute Gasteiger partial charge is 0.208 e. The molecule has 0 amide bonds. The fourth-order valence-electron chi connectivity index (χ4n) is 1.92. The molecular formula is C16H17N5O2S. The van der Waals surface area contributed by atoms with E-state index in [-0.39, 0.29) is 6.10 Å². The molecule has 7 nitrogen and oxygen atoms in total. The van der Waals surface area contributed by atoms with Gasteiger partial charge in [0.15, 0.2) is 5.82 Å². The van der Waals surface area contributed by atoms with Gasteiger partial charge in [-0.1, -0.05) is 0 Å². The molecule has 0 aromatic carbocycles. The van der Waals surface area contributed by atoms with E-state index in [1.807, 2.05) is 38.1 Å². The molecule has 0 bridgehead atoms. The van der Waals surface area contributed by atoms with E-state index in [0.717, 1.165) is 5.75 Å². The molecule has 0 atom stereocenters.